The Kier molecular flexibility index (Phi) is 4.79. The van der Waals surface area contributed by atoms with Crippen LogP contribution in [0.25, 0.3) is 11.3 Å². The van der Waals surface area contributed by atoms with Crippen LogP contribution in [0.2, 0.25) is 0 Å². The Morgan fingerprint density at radius 2 is 1.79 bits per heavy atom. The highest BCUT2D eigenvalue weighted by Crippen LogP contribution is 2.45. The largest absolute Gasteiger partial charge is 0.366 e. The summed E-state index contributed by atoms with van der Waals surface area (Å²) in [6.07, 6.45) is 5.15. The van der Waals surface area contributed by atoms with Crippen LogP contribution in [0.1, 0.15) is 48.8 Å². The van der Waals surface area contributed by atoms with Crippen LogP contribution in [0.5, 0.6) is 0 Å². The molecule has 2 aromatic rings. The number of nitrogens with two attached hydrogens (primary N) is 1. The van der Waals surface area contributed by atoms with E-state index in [9.17, 15) is 13.2 Å². The molecule has 8 heteroatoms. The molecule has 0 unspecified atom stereocenters. The molecule has 2 aliphatic heterocycles. The molecule has 1 saturated heterocycles. The second-order valence-corrected chi connectivity index (χ2v) is 9.89. The highest BCUT2D eigenvalue weighted by Gasteiger charge is 2.45. The topological polar surface area (TPSA) is 98.3 Å². The highest BCUT2D eigenvalue weighted by molar-refractivity contribution is 7.89. The van der Waals surface area contributed by atoms with Gasteiger partial charge in [-0.2, -0.15) is 0 Å². The Labute approximate surface area is 165 Å². The molecular formula is C20H26N4O3S. The van der Waals surface area contributed by atoms with Gasteiger partial charge in [-0.3, -0.25) is 4.79 Å². The number of nitrogens with zero attached hydrogens (tertiary/aromatic N) is 3. The first-order valence-corrected chi connectivity index (χ1v) is 11.4. The predicted molar refractivity (Wildman–Crippen MR) is 107 cm³/mol. The van der Waals surface area contributed by atoms with Crippen LogP contribution in [0.15, 0.2) is 30.5 Å². The zero-order valence-electron chi connectivity index (χ0n) is 16.1. The first-order chi connectivity index (χ1) is 13.4. The third-order valence-corrected chi connectivity index (χ3v) is 8.22. The number of hydrogen-bond acceptors (Lipinski definition) is 4. The van der Waals surface area contributed by atoms with Crippen molar-refractivity contribution in [3.05, 3.63) is 41.9 Å². The molecule has 2 N–H and O–H groups in total. The fourth-order valence-corrected chi connectivity index (χ4v) is 6.06. The summed E-state index contributed by atoms with van der Waals surface area (Å²) in [5.41, 5.74) is 7.81. The molecule has 1 amide bonds. The van der Waals surface area contributed by atoms with Crippen LogP contribution in [0, 0.1) is 0 Å². The van der Waals surface area contributed by atoms with Gasteiger partial charge in [0.1, 0.15) is 5.82 Å². The Morgan fingerprint density at radius 3 is 2.39 bits per heavy atom. The SMILES string of the molecule is CCCS(=O)(=O)N1CCC2(CC1)CCn1c(-c3ccc(C(N)=O)cc3)cnc12. The smallest absolute Gasteiger partial charge is 0.248 e. The zero-order valence-corrected chi connectivity index (χ0v) is 16.9. The molecule has 150 valence electrons. The van der Waals surface area contributed by atoms with E-state index in [0.717, 1.165) is 42.9 Å². The molecule has 0 radical (unpaired) electrons. The Hall–Kier alpha value is -2.19. The number of sulfonamides is 1. The average molecular weight is 403 g/mol. The van der Waals surface area contributed by atoms with Crippen LogP contribution >= 0.6 is 0 Å². The lowest BCUT2D eigenvalue weighted by Crippen LogP contribution is -2.45. The van der Waals surface area contributed by atoms with Crippen LogP contribution < -0.4 is 5.73 Å². The molecule has 2 aliphatic rings. The zero-order chi connectivity index (χ0) is 19.9. The number of rotatable bonds is 5. The summed E-state index contributed by atoms with van der Waals surface area (Å²) < 4.78 is 28.6. The molecule has 0 aliphatic carbocycles. The quantitative estimate of drug-likeness (QED) is 0.828. The lowest BCUT2D eigenvalue weighted by atomic mass is 9.77. The molecule has 1 aromatic heterocycles. The summed E-state index contributed by atoms with van der Waals surface area (Å²) in [7, 11) is -3.14. The second-order valence-electron chi connectivity index (χ2n) is 7.81. The van der Waals surface area contributed by atoms with Crippen molar-refractivity contribution in [2.24, 2.45) is 5.73 Å². The molecule has 1 spiro atoms. The van der Waals surface area contributed by atoms with E-state index in [-0.39, 0.29) is 11.2 Å². The number of hydrogen-bond donors (Lipinski definition) is 1. The van der Waals surface area contributed by atoms with Gasteiger partial charge in [-0.05, 0) is 43.4 Å². The number of primary amides is 1. The third kappa shape index (κ3) is 3.14. The van der Waals surface area contributed by atoms with Gasteiger partial charge < -0.3 is 10.3 Å². The van der Waals surface area contributed by atoms with Crippen molar-refractivity contribution in [2.75, 3.05) is 18.8 Å². The molecule has 1 aromatic carbocycles. The normalized spacial score (nSPS) is 19.0. The minimum Gasteiger partial charge on any atom is -0.366 e. The van der Waals surface area contributed by atoms with Gasteiger partial charge in [0, 0.05) is 30.6 Å². The van der Waals surface area contributed by atoms with Gasteiger partial charge in [-0.1, -0.05) is 19.1 Å². The Morgan fingerprint density at radius 1 is 1.14 bits per heavy atom. The minimum absolute atomic E-state index is 0.0380. The van der Waals surface area contributed by atoms with E-state index < -0.39 is 15.9 Å². The summed E-state index contributed by atoms with van der Waals surface area (Å²) in [6.45, 7) is 3.91. The van der Waals surface area contributed by atoms with E-state index in [2.05, 4.69) is 4.57 Å². The summed E-state index contributed by atoms with van der Waals surface area (Å²) in [4.78, 5) is 16.0. The number of amides is 1. The van der Waals surface area contributed by atoms with Gasteiger partial charge in [-0.25, -0.2) is 17.7 Å². The van der Waals surface area contributed by atoms with Crippen molar-refractivity contribution in [1.29, 1.82) is 0 Å². The first-order valence-electron chi connectivity index (χ1n) is 9.80. The summed E-state index contributed by atoms with van der Waals surface area (Å²) >= 11 is 0. The van der Waals surface area contributed by atoms with Gasteiger partial charge >= 0.3 is 0 Å². The van der Waals surface area contributed by atoms with E-state index in [1.54, 1.807) is 16.4 Å². The molecule has 28 heavy (non-hydrogen) atoms. The van der Waals surface area contributed by atoms with Gasteiger partial charge in [0.15, 0.2) is 0 Å². The molecular weight excluding hydrogens is 376 g/mol. The van der Waals surface area contributed by atoms with E-state index >= 15 is 0 Å². The molecule has 0 saturated carbocycles. The molecule has 1 fully saturated rings. The molecule has 4 rings (SSSR count). The predicted octanol–water partition coefficient (Wildman–Crippen LogP) is 2.13. The summed E-state index contributed by atoms with van der Waals surface area (Å²) in [5, 5.41) is 0. The Balaban J connectivity index is 1.56. The number of fused-ring (bicyclic) bond motifs is 2. The summed E-state index contributed by atoms with van der Waals surface area (Å²) in [5.74, 6) is 0.850. The second kappa shape index (κ2) is 7.00. The van der Waals surface area contributed by atoms with Crippen LogP contribution in [0.3, 0.4) is 0 Å². The molecule has 3 heterocycles. The van der Waals surface area contributed by atoms with Crippen molar-refractivity contribution in [3.63, 3.8) is 0 Å². The Bertz CT molecular complexity index is 987. The lowest BCUT2D eigenvalue weighted by molar-refractivity contribution is 0.100. The van der Waals surface area contributed by atoms with Crippen molar-refractivity contribution >= 4 is 15.9 Å². The van der Waals surface area contributed by atoms with E-state index in [4.69, 9.17) is 10.7 Å². The van der Waals surface area contributed by atoms with E-state index in [0.29, 0.717) is 25.1 Å². The number of carbonyl (C=O) groups excluding carboxylic acids is 1. The lowest BCUT2D eigenvalue weighted by Gasteiger charge is -2.37. The monoisotopic (exact) mass is 402 g/mol. The third-order valence-electron chi connectivity index (χ3n) is 6.14. The number of piperidine rings is 1. The standard InChI is InChI=1S/C20H26N4O3S/c1-2-13-28(26,27)23-10-7-20(8-11-23)9-12-24-17(14-22-19(20)24)15-3-5-16(6-4-15)18(21)25/h3-6,14H,2,7-13H2,1H3,(H2,21,25). The maximum atomic E-state index is 12.4. The molecule has 7 nitrogen and oxygen atoms in total. The fraction of sp³-hybridized carbons (Fsp3) is 0.500. The van der Waals surface area contributed by atoms with E-state index in [1.807, 2.05) is 25.3 Å². The van der Waals surface area contributed by atoms with Crippen LogP contribution in [0.4, 0.5) is 0 Å². The van der Waals surface area contributed by atoms with Gasteiger partial charge in [0.05, 0.1) is 17.6 Å². The molecule has 0 bridgehead atoms. The van der Waals surface area contributed by atoms with Crippen LogP contribution in [-0.4, -0.2) is 47.0 Å². The molecule has 0 atom stereocenters. The fourth-order valence-electron chi connectivity index (χ4n) is 4.55. The highest BCUT2D eigenvalue weighted by atomic mass is 32.2. The maximum absolute atomic E-state index is 12.4. The van der Waals surface area contributed by atoms with Gasteiger partial charge in [-0.15, -0.1) is 0 Å². The number of aromatic nitrogens is 2. The summed E-state index contributed by atoms with van der Waals surface area (Å²) in [6, 6.07) is 7.27. The number of imidazole rings is 1. The van der Waals surface area contributed by atoms with Crippen molar-refractivity contribution in [2.45, 2.75) is 44.6 Å². The van der Waals surface area contributed by atoms with Crippen molar-refractivity contribution in [1.82, 2.24) is 13.9 Å². The van der Waals surface area contributed by atoms with Crippen molar-refractivity contribution in [3.8, 4) is 11.3 Å². The van der Waals surface area contributed by atoms with Gasteiger partial charge in [0.2, 0.25) is 15.9 Å². The first kappa shape index (κ1) is 19.1. The van der Waals surface area contributed by atoms with Crippen LogP contribution in [-0.2, 0) is 22.0 Å². The number of carbonyl (C=O) groups is 1. The van der Waals surface area contributed by atoms with E-state index in [1.165, 1.54) is 0 Å². The maximum Gasteiger partial charge on any atom is 0.248 e. The van der Waals surface area contributed by atoms with Crippen molar-refractivity contribution < 1.29 is 13.2 Å². The minimum atomic E-state index is -3.14. The average Bonchev–Trinajstić information content (AvgIpc) is 3.24. The van der Waals surface area contributed by atoms with Gasteiger partial charge in [0.25, 0.3) is 0 Å². The number of benzene rings is 1.